The van der Waals surface area contributed by atoms with Gasteiger partial charge in [-0.15, -0.1) is 0 Å². The van der Waals surface area contributed by atoms with Crippen molar-refractivity contribution in [2.75, 3.05) is 5.32 Å². The molecular formula is C20H23BClNO3. The third-order valence-corrected chi connectivity index (χ3v) is 5.48. The molecule has 2 aromatic carbocycles. The third kappa shape index (κ3) is 3.52. The summed E-state index contributed by atoms with van der Waals surface area (Å²) in [5, 5.41) is 3.31. The second kappa shape index (κ2) is 6.73. The van der Waals surface area contributed by atoms with E-state index in [0.29, 0.717) is 16.3 Å². The van der Waals surface area contributed by atoms with Gasteiger partial charge in [0.15, 0.2) is 0 Å². The fraction of sp³-hybridized carbons (Fsp3) is 0.350. The van der Waals surface area contributed by atoms with Crippen LogP contribution in [0.1, 0.15) is 43.6 Å². The molecule has 1 saturated heterocycles. The summed E-state index contributed by atoms with van der Waals surface area (Å²) in [6.07, 6.45) is 0. The van der Waals surface area contributed by atoms with E-state index in [2.05, 4.69) is 5.32 Å². The van der Waals surface area contributed by atoms with Gasteiger partial charge in [0, 0.05) is 5.69 Å². The van der Waals surface area contributed by atoms with E-state index in [9.17, 15) is 4.79 Å². The lowest BCUT2D eigenvalue weighted by atomic mass is 9.76. The van der Waals surface area contributed by atoms with Gasteiger partial charge in [-0.25, -0.2) is 0 Å². The van der Waals surface area contributed by atoms with Crippen molar-refractivity contribution < 1.29 is 14.1 Å². The number of halogens is 1. The molecule has 26 heavy (non-hydrogen) atoms. The van der Waals surface area contributed by atoms with Gasteiger partial charge in [0.25, 0.3) is 5.91 Å². The fourth-order valence-corrected chi connectivity index (χ4v) is 3.05. The van der Waals surface area contributed by atoms with Crippen LogP contribution in [-0.4, -0.2) is 24.2 Å². The molecule has 1 amide bonds. The molecule has 1 heterocycles. The highest BCUT2D eigenvalue weighted by Crippen LogP contribution is 2.36. The molecule has 4 nitrogen and oxygen atoms in total. The lowest BCUT2D eigenvalue weighted by molar-refractivity contribution is 0.00578. The number of carbonyl (C=O) groups is 1. The van der Waals surface area contributed by atoms with Crippen molar-refractivity contribution in [3.63, 3.8) is 0 Å². The molecule has 2 aromatic rings. The van der Waals surface area contributed by atoms with Crippen molar-refractivity contribution in [2.45, 2.75) is 45.8 Å². The molecule has 136 valence electrons. The molecule has 0 atom stereocenters. The summed E-state index contributed by atoms with van der Waals surface area (Å²) in [5.41, 5.74) is 2.32. The highest BCUT2D eigenvalue weighted by Gasteiger charge is 2.52. The maximum Gasteiger partial charge on any atom is 0.495 e. The smallest absolute Gasteiger partial charge is 0.399 e. The minimum Gasteiger partial charge on any atom is -0.399 e. The Hall–Kier alpha value is -1.82. The van der Waals surface area contributed by atoms with Crippen LogP contribution in [0, 0.1) is 6.92 Å². The molecule has 0 aromatic heterocycles. The van der Waals surface area contributed by atoms with Gasteiger partial charge in [0.1, 0.15) is 0 Å². The molecule has 1 aliphatic heterocycles. The number of hydrogen-bond acceptors (Lipinski definition) is 3. The Bertz CT molecular complexity index is 835. The van der Waals surface area contributed by atoms with Gasteiger partial charge in [-0.3, -0.25) is 4.79 Å². The van der Waals surface area contributed by atoms with Gasteiger partial charge >= 0.3 is 7.12 Å². The first-order chi connectivity index (χ1) is 12.1. The Morgan fingerprint density at radius 2 is 1.65 bits per heavy atom. The Morgan fingerprint density at radius 3 is 2.23 bits per heavy atom. The van der Waals surface area contributed by atoms with Gasteiger partial charge < -0.3 is 14.6 Å². The number of hydrogen-bond donors (Lipinski definition) is 1. The van der Waals surface area contributed by atoms with E-state index in [0.717, 1.165) is 11.0 Å². The standard InChI is InChI=1S/C20H23BClNO3/c1-13-12-14(23-18(24)15-8-6-7-9-17(15)22)10-11-16(13)21-25-19(2,3)20(4,5)26-21/h6-12H,1-5H3,(H,23,24). The quantitative estimate of drug-likeness (QED) is 0.823. The van der Waals surface area contributed by atoms with Gasteiger partial charge in [-0.2, -0.15) is 0 Å². The number of carbonyl (C=O) groups excluding carboxylic acids is 1. The largest absolute Gasteiger partial charge is 0.495 e. The second-order valence-electron chi connectivity index (χ2n) is 7.59. The van der Waals surface area contributed by atoms with E-state index in [-0.39, 0.29) is 17.1 Å². The zero-order chi connectivity index (χ0) is 19.1. The fourth-order valence-electron chi connectivity index (χ4n) is 2.83. The first-order valence-corrected chi connectivity index (χ1v) is 9.00. The minimum atomic E-state index is -0.423. The highest BCUT2D eigenvalue weighted by molar-refractivity contribution is 6.62. The zero-order valence-electron chi connectivity index (χ0n) is 15.7. The molecule has 0 radical (unpaired) electrons. The lowest BCUT2D eigenvalue weighted by Gasteiger charge is -2.32. The number of benzene rings is 2. The van der Waals surface area contributed by atoms with Crippen molar-refractivity contribution in [1.29, 1.82) is 0 Å². The Balaban J connectivity index is 1.79. The molecule has 0 spiro atoms. The summed E-state index contributed by atoms with van der Waals surface area (Å²) < 4.78 is 12.2. The summed E-state index contributed by atoms with van der Waals surface area (Å²) in [6.45, 7) is 10.1. The van der Waals surface area contributed by atoms with Crippen LogP contribution in [0.4, 0.5) is 5.69 Å². The summed E-state index contributed by atoms with van der Waals surface area (Å²) in [4.78, 5) is 12.4. The normalized spacial score (nSPS) is 18.0. The predicted molar refractivity (Wildman–Crippen MR) is 106 cm³/mol. The van der Waals surface area contributed by atoms with Gasteiger partial charge in [-0.1, -0.05) is 29.8 Å². The van der Waals surface area contributed by atoms with Crippen LogP contribution in [-0.2, 0) is 9.31 Å². The first-order valence-electron chi connectivity index (χ1n) is 8.63. The summed E-state index contributed by atoms with van der Waals surface area (Å²) in [5.74, 6) is -0.238. The second-order valence-corrected chi connectivity index (χ2v) is 8.00. The molecule has 1 aliphatic rings. The van der Waals surface area contributed by atoms with E-state index in [1.165, 1.54) is 0 Å². The van der Waals surface area contributed by atoms with Crippen LogP contribution < -0.4 is 10.8 Å². The number of aryl methyl sites for hydroxylation is 1. The number of anilines is 1. The third-order valence-electron chi connectivity index (χ3n) is 5.15. The zero-order valence-corrected chi connectivity index (χ0v) is 16.5. The summed E-state index contributed by atoms with van der Waals surface area (Å²) in [7, 11) is -0.423. The van der Waals surface area contributed by atoms with Crippen LogP contribution in [0.3, 0.4) is 0 Å². The predicted octanol–water partition coefficient (Wildman–Crippen LogP) is 4.20. The van der Waals surface area contributed by atoms with E-state index in [4.69, 9.17) is 20.9 Å². The van der Waals surface area contributed by atoms with E-state index >= 15 is 0 Å². The molecule has 0 unspecified atom stereocenters. The number of amides is 1. The topological polar surface area (TPSA) is 47.6 Å². The maximum absolute atomic E-state index is 12.4. The summed E-state index contributed by atoms with van der Waals surface area (Å²) in [6, 6.07) is 12.7. The summed E-state index contributed by atoms with van der Waals surface area (Å²) >= 11 is 6.09. The van der Waals surface area contributed by atoms with Crippen molar-refractivity contribution in [1.82, 2.24) is 0 Å². The first kappa shape index (κ1) is 19.0. The van der Waals surface area contributed by atoms with E-state index in [1.807, 2.05) is 52.8 Å². The molecule has 1 N–H and O–H groups in total. The van der Waals surface area contributed by atoms with Crippen molar-refractivity contribution >= 4 is 35.8 Å². The Labute approximate surface area is 160 Å². The monoisotopic (exact) mass is 371 g/mol. The maximum atomic E-state index is 12.4. The molecule has 1 fully saturated rings. The molecule has 3 rings (SSSR count). The molecular weight excluding hydrogens is 348 g/mol. The Kier molecular flexibility index (Phi) is 4.91. The SMILES string of the molecule is Cc1cc(NC(=O)c2ccccc2Cl)ccc1B1OC(C)(C)C(C)(C)O1. The van der Waals surface area contributed by atoms with Crippen LogP contribution in [0.2, 0.25) is 5.02 Å². The Morgan fingerprint density at radius 1 is 1.04 bits per heavy atom. The van der Waals surface area contributed by atoms with Gasteiger partial charge in [0.05, 0.1) is 21.8 Å². The molecule has 0 saturated carbocycles. The molecule has 0 aliphatic carbocycles. The van der Waals surface area contributed by atoms with E-state index < -0.39 is 7.12 Å². The average molecular weight is 372 g/mol. The van der Waals surface area contributed by atoms with Gasteiger partial charge in [-0.05, 0) is 69.9 Å². The van der Waals surface area contributed by atoms with Crippen LogP contribution in [0.5, 0.6) is 0 Å². The molecule has 0 bridgehead atoms. The minimum absolute atomic E-state index is 0.238. The highest BCUT2D eigenvalue weighted by atomic mass is 35.5. The van der Waals surface area contributed by atoms with E-state index in [1.54, 1.807) is 24.3 Å². The number of nitrogens with one attached hydrogen (secondary N) is 1. The number of rotatable bonds is 3. The van der Waals surface area contributed by atoms with Crippen LogP contribution in [0.25, 0.3) is 0 Å². The van der Waals surface area contributed by atoms with Crippen molar-refractivity contribution in [3.8, 4) is 0 Å². The van der Waals surface area contributed by atoms with Crippen LogP contribution >= 0.6 is 11.6 Å². The lowest BCUT2D eigenvalue weighted by Crippen LogP contribution is -2.41. The molecule has 6 heteroatoms. The van der Waals surface area contributed by atoms with Gasteiger partial charge in [0.2, 0.25) is 0 Å². The average Bonchev–Trinajstić information content (AvgIpc) is 2.75. The van der Waals surface area contributed by atoms with Crippen LogP contribution in [0.15, 0.2) is 42.5 Å². The van der Waals surface area contributed by atoms with Crippen molar-refractivity contribution in [2.24, 2.45) is 0 Å². The van der Waals surface area contributed by atoms with Crippen molar-refractivity contribution in [3.05, 3.63) is 58.6 Å².